The maximum absolute atomic E-state index is 11.8. The van der Waals surface area contributed by atoms with Gasteiger partial charge in [-0.3, -0.25) is 4.79 Å². The van der Waals surface area contributed by atoms with Gasteiger partial charge in [0.05, 0.1) is 19.2 Å². The number of amides is 1. The van der Waals surface area contributed by atoms with Crippen LogP contribution in [-0.2, 0) is 16.1 Å². The van der Waals surface area contributed by atoms with Crippen molar-refractivity contribution >= 4 is 27.8 Å². The molecular weight excluding hydrogens is 396 g/mol. The molecule has 26 heavy (non-hydrogen) atoms. The Bertz CT molecular complexity index is 584. The first-order chi connectivity index (χ1) is 12.5. The predicted molar refractivity (Wildman–Crippen MR) is 108 cm³/mol. The van der Waals surface area contributed by atoms with Crippen LogP contribution in [0.25, 0.3) is 0 Å². The summed E-state index contributed by atoms with van der Waals surface area (Å²) in [6, 6.07) is 8.07. The normalized spacial score (nSPS) is 17.7. The molecule has 0 aromatic heterocycles. The number of nitrogens with zero attached hydrogens (tertiary/aromatic N) is 2. The molecule has 0 bridgehead atoms. The highest BCUT2D eigenvalue weighted by Crippen LogP contribution is 2.15. The van der Waals surface area contributed by atoms with Crippen molar-refractivity contribution in [2.24, 2.45) is 4.99 Å². The van der Waals surface area contributed by atoms with Gasteiger partial charge in [-0.1, -0.05) is 28.1 Å². The summed E-state index contributed by atoms with van der Waals surface area (Å²) in [5.74, 6) is 0.665. The van der Waals surface area contributed by atoms with Crippen LogP contribution in [0.1, 0.15) is 31.2 Å². The van der Waals surface area contributed by atoms with Crippen LogP contribution in [-0.4, -0.2) is 56.7 Å². The molecule has 1 aliphatic rings. The molecular formula is C19H29BrN4O2. The molecule has 1 aromatic rings. The molecule has 144 valence electrons. The van der Waals surface area contributed by atoms with Gasteiger partial charge in [0.2, 0.25) is 5.91 Å². The second-order valence-electron chi connectivity index (χ2n) is 6.64. The second-order valence-corrected chi connectivity index (χ2v) is 7.55. The summed E-state index contributed by atoms with van der Waals surface area (Å²) < 4.78 is 6.81. The molecule has 1 atom stereocenters. The van der Waals surface area contributed by atoms with E-state index in [-0.39, 0.29) is 12.5 Å². The maximum atomic E-state index is 11.8. The largest absolute Gasteiger partial charge is 0.378 e. The average Bonchev–Trinajstić information content (AvgIpc) is 2.65. The highest BCUT2D eigenvalue weighted by molar-refractivity contribution is 9.10. The van der Waals surface area contributed by atoms with Crippen molar-refractivity contribution in [2.45, 2.75) is 38.3 Å². The van der Waals surface area contributed by atoms with Crippen LogP contribution >= 0.6 is 15.9 Å². The summed E-state index contributed by atoms with van der Waals surface area (Å²) in [6.45, 7) is 2.41. The molecule has 7 heteroatoms. The molecule has 2 rings (SSSR count). The summed E-state index contributed by atoms with van der Waals surface area (Å²) in [7, 11) is 3.49. The van der Waals surface area contributed by atoms with Crippen LogP contribution in [0.2, 0.25) is 0 Å². The van der Waals surface area contributed by atoms with E-state index in [0.717, 1.165) is 42.5 Å². The molecule has 6 nitrogen and oxygen atoms in total. The fourth-order valence-corrected chi connectivity index (χ4v) is 2.90. The van der Waals surface area contributed by atoms with E-state index in [1.807, 2.05) is 24.3 Å². The number of rotatable bonds is 7. The van der Waals surface area contributed by atoms with Crippen LogP contribution in [0.15, 0.2) is 33.7 Å². The minimum absolute atomic E-state index is 0.0127. The molecule has 1 aliphatic heterocycles. The minimum Gasteiger partial charge on any atom is -0.378 e. The first-order valence-electron chi connectivity index (χ1n) is 9.13. The highest BCUT2D eigenvalue weighted by Gasteiger charge is 2.13. The zero-order chi connectivity index (χ0) is 18.8. The van der Waals surface area contributed by atoms with Crippen molar-refractivity contribution in [3.05, 3.63) is 34.3 Å². The lowest BCUT2D eigenvalue weighted by molar-refractivity contribution is -0.127. The number of likely N-dealkylation sites (N-methyl/N-ethyl adjacent to an activating group) is 1. The number of carbonyl (C=O) groups excluding carboxylic acids is 1. The van der Waals surface area contributed by atoms with Gasteiger partial charge in [-0.05, 0) is 43.4 Å². The van der Waals surface area contributed by atoms with E-state index in [2.05, 4.69) is 31.6 Å². The Balaban J connectivity index is 1.87. The van der Waals surface area contributed by atoms with Crippen LogP contribution in [0.3, 0.4) is 0 Å². The minimum atomic E-state index is 0.0127. The average molecular weight is 425 g/mol. The molecule has 1 aromatic carbocycles. The van der Waals surface area contributed by atoms with E-state index in [1.54, 1.807) is 19.0 Å². The van der Waals surface area contributed by atoms with Gasteiger partial charge in [0.1, 0.15) is 0 Å². The number of aliphatic imine (C=N–C) groups is 1. The Morgan fingerprint density at radius 2 is 2.04 bits per heavy atom. The molecule has 1 fully saturated rings. The Morgan fingerprint density at radius 1 is 1.27 bits per heavy atom. The lowest BCUT2D eigenvalue weighted by Gasteiger charge is -2.23. The van der Waals surface area contributed by atoms with Gasteiger partial charge in [0.25, 0.3) is 0 Å². The van der Waals surface area contributed by atoms with Gasteiger partial charge in [0.15, 0.2) is 5.96 Å². The van der Waals surface area contributed by atoms with Crippen molar-refractivity contribution in [1.29, 1.82) is 0 Å². The molecule has 1 amide bonds. The van der Waals surface area contributed by atoms with Crippen molar-refractivity contribution in [3.8, 4) is 0 Å². The van der Waals surface area contributed by atoms with Gasteiger partial charge in [0, 0.05) is 31.7 Å². The monoisotopic (exact) mass is 424 g/mol. The number of guanidine groups is 1. The lowest BCUT2D eigenvalue weighted by Crippen LogP contribution is -2.43. The van der Waals surface area contributed by atoms with Crippen LogP contribution < -0.4 is 10.6 Å². The Morgan fingerprint density at radius 3 is 2.69 bits per heavy atom. The van der Waals surface area contributed by atoms with E-state index in [1.165, 1.54) is 6.42 Å². The summed E-state index contributed by atoms with van der Waals surface area (Å²) in [4.78, 5) is 18.0. The second kappa shape index (κ2) is 11.2. The molecule has 1 unspecified atom stereocenters. The molecule has 1 saturated heterocycles. The van der Waals surface area contributed by atoms with E-state index < -0.39 is 0 Å². The molecule has 0 radical (unpaired) electrons. The number of carbonyl (C=O) groups is 1. The van der Waals surface area contributed by atoms with E-state index in [0.29, 0.717) is 18.6 Å². The maximum Gasteiger partial charge on any atom is 0.241 e. The van der Waals surface area contributed by atoms with E-state index in [9.17, 15) is 4.79 Å². The Labute approximate surface area is 164 Å². The van der Waals surface area contributed by atoms with E-state index in [4.69, 9.17) is 4.74 Å². The third kappa shape index (κ3) is 7.74. The number of ether oxygens (including phenoxy) is 1. The number of hydrogen-bond acceptors (Lipinski definition) is 3. The van der Waals surface area contributed by atoms with Crippen molar-refractivity contribution in [3.63, 3.8) is 0 Å². The first-order valence-corrected chi connectivity index (χ1v) is 9.92. The smallest absolute Gasteiger partial charge is 0.241 e. The standard InChI is InChI=1S/C19H29BrN4O2/c1-24(2)18(25)14-23-19(21-11-10-17-5-3-4-12-26-17)22-13-15-6-8-16(20)9-7-15/h6-9,17H,3-5,10-14H2,1-2H3,(H2,21,22,23). The topological polar surface area (TPSA) is 66.0 Å². The predicted octanol–water partition coefficient (Wildman–Crippen LogP) is 2.53. The first kappa shape index (κ1) is 20.7. The van der Waals surface area contributed by atoms with Gasteiger partial charge < -0.3 is 20.3 Å². The molecule has 2 N–H and O–H groups in total. The summed E-state index contributed by atoms with van der Waals surface area (Å²) in [5, 5.41) is 6.44. The summed E-state index contributed by atoms with van der Waals surface area (Å²) >= 11 is 3.44. The molecule has 1 heterocycles. The summed E-state index contributed by atoms with van der Waals surface area (Å²) in [5.41, 5.74) is 1.11. The van der Waals surface area contributed by atoms with Crippen LogP contribution in [0.5, 0.6) is 0 Å². The van der Waals surface area contributed by atoms with Crippen molar-refractivity contribution in [1.82, 2.24) is 15.5 Å². The fraction of sp³-hybridized carbons (Fsp3) is 0.579. The van der Waals surface area contributed by atoms with Gasteiger partial charge in [-0.2, -0.15) is 0 Å². The zero-order valence-corrected chi connectivity index (χ0v) is 17.2. The number of benzene rings is 1. The Kier molecular flexibility index (Phi) is 8.91. The molecule has 0 aliphatic carbocycles. The molecule has 0 spiro atoms. The number of halogens is 1. The van der Waals surface area contributed by atoms with E-state index >= 15 is 0 Å². The van der Waals surface area contributed by atoms with Gasteiger partial charge in [-0.25, -0.2) is 4.99 Å². The van der Waals surface area contributed by atoms with Crippen LogP contribution in [0, 0.1) is 0 Å². The van der Waals surface area contributed by atoms with Crippen molar-refractivity contribution in [2.75, 3.05) is 33.8 Å². The van der Waals surface area contributed by atoms with Crippen molar-refractivity contribution < 1.29 is 9.53 Å². The van der Waals surface area contributed by atoms with Gasteiger partial charge >= 0.3 is 0 Å². The Hall–Kier alpha value is -1.60. The number of nitrogens with one attached hydrogen (secondary N) is 2. The summed E-state index contributed by atoms with van der Waals surface area (Å²) in [6.07, 6.45) is 4.80. The quantitative estimate of drug-likeness (QED) is 0.521. The van der Waals surface area contributed by atoms with Gasteiger partial charge in [-0.15, -0.1) is 0 Å². The third-order valence-corrected chi connectivity index (χ3v) is 4.80. The lowest BCUT2D eigenvalue weighted by atomic mass is 10.1. The molecule has 0 saturated carbocycles. The van der Waals surface area contributed by atoms with Crippen LogP contribution in [0.4, 0.5) is 0 Å². The SMILES string of the molecule is CN(C)C(=O)CNC(=NCc1ccc(Br)cc1)NCCC1CCCCO1. The highest BCUT2D eigenvalue weighted by atomic mass is 79.9. The zero-order valence-electron chi connectivity index (χ0n) is 15.6. The number of hydrogen-bond donors (Lipinski definition) is 2. The third-order valence-electron chi connectivity index (χ3n) is 4.27. The fourth-order valence-electron chi connectivity index (χ4n) is 2.64.